The fourth-order valence-electron chi connectivity index (χ4n) is 3.59. The summed E-state index contributed by atoms with van der Waals surface area (Å²) >= 11 is 0. The van der Waals surface area contributed by atoms with Gasteiger partial charge in [-0.05, 0) is 37.5 Å². The lowest BCUT2D eigenvalue weighted by Crippen LogP contribution is -2.37. The summed E-state index contributed by atoms with van der Waals surface area (Å²) in [6.07, 6.45) is 7.82. The number of rotatable bonds is 3. The summed E-state index contributed by atoms with van der Waals surface area (Å²) in [5, 5.41) is 0. The Labute approximate surface area is 125 Å². The van der Waals surface area contributed by atoms with Gasteiger partial charge < -0.3 is 10.7 Å². The molecular formula is C17H23N3O. The molecule has 0 saturated heterocycles. The fraction of sp³-hybridized carbons (Fsp3) is 0.471. The lowest BCUT2D eigenvalue weighted by molar-refractivity contribution is 0.301. The van der Waals surface area contributed by atoms with Gasteiger partial charge in [0.2, 0.25) is 0 Å². The minimum absolute atomic E-state index is 0.0854. The molecule has 0 spiro atoms. The molecule has 1 aliphatic carbocycles. The first kappa shape index (κ1) is 14.1. The zero-order valence-corrected chi connectivity index (χ0v) is 12.6. The van der Waals surface area contributed by atoms with Gasteiger partial charge in [-0.25, -0.2) is 4.79 Å². The van der Waals surface area contributed by atoms with E-state index in [0.717, 1.165) is 24.2 Å². The van der Waals surface area contributed by atoms with Crippen LogP contribution in [0.3, 0.4) is 0 Å². The number of nitrogens with two attached hydrogens (primary N) is 1. The van der Waals surface area contributed by atoms with Crippen LogP contribution in [0.4, 0.5) is 0 Å². The number of aromatic amines is 1. The van der Waals surface area contributed by atoms with Gasteiger partial charge in [-0.3, -0.25) is 4.57 Å². The first-order valence-electron chi connectivity index (χ1n) is 7.74. The normalized spacial score (nSPS) is 17.8. The van der Waals surface area contributed by atoms with E-state index in [-0.39, 0.29) is 11.1 Å². The smallest absolute Gasteiger partial charge is 0.330 e. The predicted octanol–water partition coefficient (Wildman–Crippen LogP) is 2.63. The number of H-pyrrole nitrogens is 1. The molecule has 4 heteroatoms. The third-order valence-electron chi connectivity index (χ3n) is 4.88. The number of hydrogen-bond donors (Lipinski definition) is 2. The fourth-order valence-corrected chi connectivity index (χ4v) is 3.59. The van der Waals surface area contributed by atoms with E-state index in [1.807, 2.05) is 19.1 Å². The Hall–Kier alpha value is -1.81. The predicted molar refractivity (Wildman–Crippen MR) is 84.9 cm³/mol. The van der Waals surface area contributed by atoms with Crippen LogP contribution < -0.4 is 11.4 Å². The largest absolute Gasteiger partial charge is 0.330 e. The number of benzene rings is 1. The molecule has 1 heterocycles. The van der Waals surface area contributed by atoms with Crippen LogP contribution in [0.1, 0.15) is 43.4 Å². The highest BCUT2D eigenvalue weighted by atomic mass is 16.1. The summed E-state index contributed by atoms with van der Waals surface area (Å²) in [4.78, 5) is 14.7. The summed E-state index contributed by atoms with van der Waals surface area (Å²) < 4.78 is 1.72. The topological polar surface area (TPSA) is 63.8 Å². The van der Waals surface area contributed by atoms with Crippen molar-refractivity contribution in [3.05, 3.63) is 52.2 Å². The van der Waals surface area contributed by atoms with E-state index in [2.05, 4.69) is 17.1 Å². The number of nitrogens with zero attached hydrogens (tertiary/aromatic N) is 1. The van der Waals surface area contributed by atoms with Gasteiger partial charge in [0.05, 0.1) is 5.69 Å². The zero-order chi connectivity index (χ0) is 14.9. The summed E-state index contributed by atoms with van der Waals surface area (Å²) in [6.45, 7) is 2.61. The molecule has 1 saturated carbocycles. The number of imidazole rings is 1. The Bertz CT molecular complexity index is 677. The molecule has 1 aromatic heterocycles. The number of hydrogen-bond acceptors (Lipinski definition) is 2. The second-order valence-electron chi connectivity index (χ2n) is 6.17. The lowest BCUT2D eigenvalue weighted by Gasteiger charge is -2.37. The molecule has 1 aliphatic rings. The van der Waals surface area contributed by atoms with Crippen molar-refractivity contribution in [3.63, 3.8) is 0 Å². The first-order valence-corrected chi connectivity index (χ1v) is 7.74. The molecule has 0 aliphatic heterocycles. The van der Waals surface area contributed by atoms with Crippen LogP contribution >= 0.6 is 0 Å². The Balaban J connectivity index is 2.06. The minimum atomic E-state index is -0.0879. The molecule has 3 N–H and O–H groups in total. The standard InChI is InChI=1S/C17H23N3O/c1-13-11-19-16(21)20(13)15-7-5-6-14(10-15)17(12-18)8-3-2-4-9-17/h5-7,10-11H,2-4,8-9,12,18H2,1H3,(H,19,21). The average molecular weight is 285 g/mol. The highest BCUT2D eigenvalue weighted by molar-refractivity contribution is 5.41. The molecule has 3 rings (SSSR count). The molecule has 21 heavy (non-hydrogen) atoms. The SMILES string of the molecule is Cc1c[nH]c(=O)n1-c1cccc(C2(CN)CCCCC2)c1. The molecule has 0 radical (unpaired) electrons. The summed E-state index contributed by atoms with van der Waals surface area (Å²) in [7, 11) is 0. The van der Waals surface area contributed by atoms with Crippen molar-refractivity contribution in [2.24, 2.45) is 5.73 Å². The summed E-state index contributed by atoms with van der Waals surface area (Å²) in [5.74, 6) is 0. The maximum Gasteiger partial charge on any atom is 0.330 e. The van der Waals surface area contributed by atoms with E-state index < -0.39 is 0 Å². The Morgan fingerprint density at radius 3 is 2.67 bits per heavy atom. The summed E-state index contributed by atoms with van der Waals surface area (Å²) in [5.41, 5.74) is 9.24. The number of aryl methyl sites for hydroxylation is 1. The number of aromatic nitrogens is 2. The van der Waals surface area contributed by atoms with Crippen molar-refractivity contribution in [3.8, 4) is 5.69 Å². The highest BCUT2D eigenvalue weighted by Crippen LogP contribution is 2.39. The van der Waals surface area contributed by atoms with E-state index in [1.165, 1.54) is 24.8 Å². The van der Waals surface area contributed by atoms with Crippen LogP contribution in [-0.2, 0) is 5.41 Å². The molecule has 0 bridgehead atoms. The van der Waals surface area contributed by atoms with Gasteiger partial charge in [-0.2, -0.15) is 0 Å². The lowest BCUT2D eigenvalue weighted by atomic mass is 9.69. The van der Waals surface area contributed by atoms with E-state index in [0.29, 0.717) is 6.54 Å². The van der Waals surface area contributed by atoms with Gasteiger partial charge >= 0.3 is 5.69 Å². The van der Waals surface area contributed by atoms with Gasteiger partial charge in [0.15, 0.2) is 0 Å². The van der Waals surface area contributed by atoms with Gasteiger partial charge in [-0.1, -0.05) is 31.4 Å². The molecule has 2 aromatic rings. The van der Waals surface area contributed by atoms with Crippen molar-refractivity contribution >= 4 is 0 Å². The van der Waals surface area contributed by atoms with Gasteiger partial charge in [0.25, 0.3) is 0 Å². The molecular weight excluding hydrogens is 262 g/mol. The summed E-state index contributed by atoms with van der Waals surface area (Å²) in [6, 6.07) is 8.32. The van der Waals surface area contributed by atoms with Crippen molar-refractivity contribution in [1.82, 2.24) is 9.55 Å². The monoisotopic (exact) mass is 285 g/mol. The quantitative estimate of drug-likeness (QED) is 0.910. The average Bonchev–Trinajstić information content (AvgIpc) is 2.87. The van der Waals surface area contributed by atoms with E-state index in [1.54, 1.807) is 10.8 Å². The van der Waals surface area contributed by atoms with Crippen molar-refractivity contribution in [2.75, 3.05) is 6.54 Å². The highest BCUT2D eigenvalue weighted by Gasteiger charge is 2.32. The number of nitrogens with one attached hydrogen (secondary N) is 1. The molecule has 1 aromatic carbocycles. The molecule has 1 fully saturated rings. The van der Waals surface area contributed by atoms with E-state index >= 15 is 0 Å². The van der Waals surface area contributed by atoms with Crippen LogP contribution in [-0.4, -0.2) is 16.1 Å². The Morgan fingerprint density at radius 2 is 2.05 bits per heavy atom. The third kappa shape index (κ3) is 2.44. The van der Waals surface area contributed by atoms with Crippen LogP contribution in [0.2, 0.25) is 0 Å². The first-order chi connectivity index (χ1) is 10.2. The van der Waals surface area contributed by atoms with Gasteiger partial charge in [0.1, 0.15) is 0 Å². The van der Waals surface area contributed by atoms with Crippen molar-refractivity contribution < 1.29 is 0 Å². The maximum absolute atomic E-state index is 12.0. The second kappa shape index (κ2) is 5.53. The Kier molecular flexibility index (Phi) is 3.72. The maximum atomic E-state index is 12.0. The van der Waals surface area contributed by atoms with E-state index in [4.69, 9.17) is 5.73 Å². The van der Waals surface area contributed by atoms with Gasteiger partial charge in [0, 0.05) is 23.9 Å². The minimum Gasteiger partial charge on any atom is -0.330 e. The van der Waals surface area contributed by atoms with Crippen LogP contribution in [0.5, 0.6) is 0 Å². The van der Waals surface area contributed by atoms with Crippen molar-refractivity contribution in [1.29, 1.82) is 0 Å². The van der Waals surface area contributed by atoms with E-state index in [9.17, 15) is 4.79 Å². The molecule has 0 unspecified atom stereocenters. The molecule has 0 atom stereocenters. The molecule has 112 valence electrons. The van der Waals surface area contributed by atoms with Crippen LogP contribution in [0.25, 0.3) is 5.69 Å². The molecule has 0 amide bonds. The molecule has 4 nitrogen and oxygen atoms in total. The second-order valence-corrected chi connectivity index (χ2v) is 6.17. The third-order valence-corrected chi connectivity index (χ3v) is 4.88. The van der Waals surface area contributed by atoms with Crippen LogP contribution in [0.15, 0.2) is 35.3 Å². The van der Waals surface area contributed by atoms with Gasteiger partial charge in [-0.15, -0.1) is 0 Å². The van der Waals surface area contributed by atoms with Crippen LogP contribution in [0, 0.1) is 6.92 Å². The zero-order valence-electron chi connectivity index (χ0n) is 12.6. The van der Waals surface area contributed by atoms with Crippen molar-refractivity contribution in [2.45, 2.75) is 44.4 Å². The Morgan fingerprint density at radius 1 is 1.29 bits per heavy atom.